The van der Waals surface area contributed by atoms with Gasteiger partial charge < -0.3 is 9.88 Å². The molecule has 0 radical (unpaired) electrons. The van der Waals surface area contributed by atoms with Crippen LogP contribution in [0.5, 0.6) is 0 Å². The Morgan fingerprint density at radius 1 is 1.25 bits per heavy atom. The van der Waals surface area contributed by atoms with Crippen molar-refractivity contribution in [3.05, 3.63) is 34.7 Å². The number of thiazole rings is 1. The van der Waals surface area contributed by atoms with Gasteiger partial charge in [0.1, 0.15) is 10.7 Å². The monoisotopic (exact) mass is 286 g/mol. The first-order chi connectivity index (χ1) is 9.65. The third-order valence-electron chi connectivity index (χ3n) is 3.23. The largest absolute Gasteiger partial charge is 0.326 e. The van der Waals surface area contributed by atoms with Crippen molar-refractivity contribution in [2.45, 2.75) is 26.4 Å². The van der Waals surface area contributed by atoms with E-state index in [1.807, 2.05) is 25.2 Å². The number of hydrogen-bond donors (Lipinski definition) is 1. The molecule has 0 aliphatic rings. The lowest BCUT2D eigenvalue weighted by molar-refractivity contribution is 0.587. The van der Waals surface area contributed by atoms with Crippen LogP contribution in [-0.4, -0.2) is 20.6 Å². The average Bonchev–Trinajstić information content (AvgIpc) is 3.02. The number of nitrogens with one attached hydrogen (secondary N) is 1. The van der Waals surface area contributed by atoms with Gasteiger partial charge in [-0.1, -0.05) is 26.0 Å². The zero-order chi connectivity index (χ0) is 14.1. The van der Waals surface area contributed by atoms with Crippen LogP contribution < -0.4 is 5.32 Å². The van der Waals surface area contributed by atoms with E-state index in [1.165, 1.54) is 0 Å². The van der Waals surface area contributed by atoms with Crippen molar-refractivity contribution < 1.29 is 0 Å². The number of aromatic nitrogens is 3. The van der Waals surface area contributed by atoms with E-state index in [0.29, 0.717) is 6.04 Å². The summed E-state index contributed by atoms with van der Waals surface area (Å²) in [5, 5.41) is 6.57. The van der Waals surface area contributed by atoms with Crippen molar-refractivity contribution in [3.63, 3.8) is 0 Å². The average molecular weight is 286 g/mol. The number of nitrogens with zero attached hydrogens (tertiary/aromatic N) is 3. The van der Waals surface area contributed by atoms with Crippen LogP contribution in [0.15, 0.2) is 29.6 Å². The predicted octanol–water partition coefficient (Wildman–Crippen LogP) is 3.19. The summed E-state index contributed by atoms with van der Waals surface area (Å²) in [4.78, 5) is 9.36. The van der Waals surface area contributed by atoms with Crippen molar-refractivity contribution in [2.24, 2.45) is 7.05 Å². The molecule has 5 heteroatoms. The number of aryl methyl sites for hydroxylation is 1. The van der Waals surface area contributed by atoms with Gasteiger partial charge in [0.05, 0.1) is 11.0 Å². The number of imidazole rings is 1. The Morgan fingerprint density at radius 3 is 2.80 bits per heavy atom. The van der Waals surface area contributed by atoms with E-state index in [9.17, 15) is 0 Å². The summed E-state index contributed by atoms with van der Waals surface area (Å²) in [6.45, 7) is 5.09. The molecule has 0 saturated heterocycles. The first-order valence-corrected chi connectivity index (χ1v) is 7.62. The molecular weight excluding hydrogens is 268 g/mol. The first kappa shape index (κ1) is 13.3. The molecular formula is C15H18N4S. The van der Waals surface area contributed by atoms with Crippen LogP contribution in [0.2, 0.25) is 0 Å². The maximum absolute atomic E-state index is 4.68. The van der Waals surface area contributed by atoms with Crippen LogP contribution in [-0.2, 0) is 13.6 Å². The Hall–Kier alpha value is -1.72. The van der Waals surface area contributed by atoms with Crippen molar-refractivity contribution >= 4 is 22.4 Å². The SMILES string of the molecule is CC(C)NCc1nc(-c2nc3ccccc3n2C)cs1. The molecule has 0 amide bonds. The second-order valence-corrected chi connectivity index (χ2v) is 6.09. The van der Waals surface area contributed by atoms with Gasteiger partial charge in [-0.05, 0) is 12.1 Å². The van der Waals surface area contributed by atoms with Gasteiger partial charge in [-0.15, -0.1) is 11.3 Å². The molecule has 0 unspecified atom stereocenters. The Bertz CT molecular complexity index is 726. The van der Waals surface area contributed by atoms with Gasteiger partial charge in [-0.25, -0.2) is 9.97 Å². The lowest BCUT2D eigenvalue weighted by Crippen LogP contribution is -2.21. The summed E-state index contributed by atoms with van der Waals surface area (Å²) < 4.78 is 2.10. The van der Waals surface area contributed by atoms with Gasteiger partial charge in [-0.3, -0.25) is 0 Å². The fourth-order valence-corrected chi connectivity index (χ4v) is 2.88. The molecule has 4 nitrogen and oxygen atoms in total. The first-order valence-electron chi connectivity index (χ1n) is 6.75. The fourth-order valence-electron chi connectivity index (χ4n) is 2.16. The number of para-hydroxylation sites is 2. The molecule has 20 heavy (non-hydrogen) atoms. The van der Waals surface area contributed by atoms with Crippen molar-refractivity contribution in [2.75, 3.05) is 0 Å². The standard InChI is InChI=1S/C15H18N4S/c1-10(2)16-8-14-17-12(9-20-14)15-18-11-6-4-5-7-13(11)19(15)3/h4-7,9-10,16H,8H2,1-3H3. The normalized spacial score (nSPS) is 11.6. The molecule has 3 aromatic rings. The molecule has 2 aromatic heterocycles. The highest BCUT2D eigenvalue weighted by atomic mass is 32.1. The Kier molecular flexibility index (Phi) is 3.54. The quantitative estimate of drug-likeness (QED) is 0.801. The van der Waals surface area contributed by atoms with E-state index in [0.717, 1.165) is 34.1 Å². The highest BCUT2D eigenvalue weighted by Gasteiger charge is 2.12. The van der Waals surface area contributed by atoms with Gasteiger partial charge in [0.15, 0.2) is 5.82 Å². The molecule has 0 spiro atoms. The molecule has 3 rings (SSSR count). The van der Waals surface area contributed by atoms with Gasteiger partial charge in [0.2, 0.25) is 0 Å². The van der Waals surface area contributed by atoms with E-state index in [-0.39, 0.29) is 0 Å². The molecule has 1 N–H and O–H groups in total. The van der Waals surface area contributed by atoms with Crippen LogP contribution in [0.25, 0.3) is 22.6 Å². The second kappa shape index (κ2) is 5.34. The fraction of sp³-hybridized carbons (Fsp3) is 0.333. The van der Waals surface area contributed by atoms with Crippen LogP contribution in [0.3, 0.4) is 0 Å². The molecule has 0 aliphatic heterocycles. The van der Waals surface area contributed by atoms with Crippen LogP contribution >= 0.6 is 11.3 Å². The number of rotatable bonds is 4. The van der Waals surface area contributed by atoms with E-state index in [1.54, 1.807) is 11.3 Å². The van der Waals surface area contributed by atoms with E-state index in [2.05, 4.69) is 45.1 Å². The lowest BCUT2D eigenvalue weighted by Gasteiger charge is -2.04. The molecule has 104 valence electrons. The van der Waals surface area contributed by atoms with Gasteiger partial charge in [0.25, 0.3) is 0 Å². The highest BCUT2D eigenvalue weighted by Crippen LogP contribution is 2.24. The number of benzene rings is 1. The van der Waals surface area contributed by atoms with E-state index in [4.69, 9.17) is 0 Å². The topological polar surface area (TPSA) is 42.7 Å². The zero-order valence-electron chi connectivity index (χ0n) is 11.9. The summed E-state index contributed by atoms with van der Waals surface area (Å²) in [6.07, 6.45) is 0. The van der Waals surface area contributed by atoms with Crippen LogP contribution in [0.1, 0.15) is 18.9 Å². The van der Waals surface area contributed by atoms with Gasteiger partial charge >= 0.3 is 0 Å². The molecule has 2 heterocycles. The summed E-state index contributed by atoms with van der Waals surface area (Å²) in [6, 6.07) is 8.63. The second-order valence-electron chi connectivity index (χ2n) is 5.15. The third kappa shape index (κ3) is 2.46. The molecule has 0 aliphatic carbocycles. The van der Waals surface area contributed by atoms with Crippen LogP contribution in [0, 0.1) is 0 Å². The van der Waals surface area contributed by atoms with E-state index >= 15 is 0 Å². The summed E-state index contributed by atoms with van der Waals surface area (Å²) >= 11 is 1.68. The van der Waals surface area contributed by atoms with Gasteiger partial charge in [0, 0.05) is 25.0 Å². The molecule has 0 saturated carbocycles. The molecule has 1 aromatic carbocycles. The van der Waals surface area contributed by atoms with Gasteiger partial charge in [-0.2, -0.15) is 0 Å². The highest BCUT2D eigenvalue weighted by molar-refractivity contribution is 7.09. The minimum atomic E-state index is 0.470. The summed E-state index contributed by atoms with van der Waals surface area (Å²) in [7, 11) is 2.04. The van der Waals surface area contributed by atoms with Crippen LogP contribution in [0.4, 0.5) is 0 Å². The van der Waals surface area contributed by atoms with Crippen molar-refractivity contribution in [3.8, 4) is 11.5 Å². The maximum atomic E-state index is 4.68. The van der Waals surface area contributed by atoms with E-state index < -0.39 is 0 Å². The van der Waals surface area contributed by atoms with Crippen molar-refractivity contribution in [1.82, 2.24) is 19.9 Å². The third-order valence-corrected chi connectivity index (χ3v) is 4.08. The summed E-state index contributed by atoms with van der Waals surface area (Å²) in [5.74, 6) is 0.929. The smallest absolute Gasteiger partial charge is 0.160 e. The molecule has 0 bridgehead atoms. The number of hydrogen-bond acceptors (Lipinski definition) is 4. The minimum absolute atomic E-state index is 0.470. The zero-order valence-corrected chi connectivity index (χ0v) is 12.7. The maximum Gasteiger partial charge on any atom is 0.160 e. The molecule has 0 atom stereocenters. The predicted molar refractivity (Wildman–Crippen MR) is 83.8 cm³/mol. The lowest BCUT2D eigenvalue weighted by atomic mass is 10.3. The summed E-state index contributed by atoms with van der Waals surface area (Å²) in [5.41, 5.74) is 3.10. The minimum Gasteiger partial charge on any atom is -0.326 e. The Labute approximate surface area is 122 Å². The Morgan fingerprint density at radius 2 is 2.05 bits per heavy atom. The molecule has 0 fully saturated rings. The number of fused-ring (bicyclic) bond motifs is 1. The Balaban J connectivity index is 1.93. The van der Waals surface area contributed by atoms with Crippen molar-refractivity contribution in [1.29, 1.82) is 0 Å².